The molecule has 1 N–H and O–H groups in total. The van der Waals surface area contributed by atoms with E-state index < -0.39 is 0 Å². The zero-order valence-corrected chi connectivity index (χ0v) is 15.4. The maximum Gasteiger partial charge on any atom is 0.130 e. The number of nitrogens with zero attached hydrogens (tertiary/aromatic N) is 4. The Labute approximate surface area is 154 Å². The van der Waals surface area contributed by atoms with Crippen LogP contribution in [0.3, 0.4) is 0 Å². The Morgan fingerprint density at radius 1 is 1.15 bits per heavy atom. The highest BCUT2D eigenvalue weighted by molar-refractivity contribution is 5.88. The maximum atomic E-state index is 4.56. The Balaban J connectivity index is 1.58. The standard InChI is InChI=1S/C21H25N5/c1-15(16(2)26-8-4-5-9-26)24-21-11-19-10-17(6-7-18(19)12-23-21)20-13-22-14-25(20)3/h6-7,10-14,16H,1,4-5,8-9H2,2-3H3,(H,23,24). The summed E-state index contributed by atoms with van der Waals surface area (Å²) in [6.45, 7) is 8.76. The molecule has 1 aliphatic heterocycles. The van der Waals surface area contributed by atoms with Crippen LogP contribution in [0.5, 0.6) is 0 Å². The lowest BCUT2D eigenvalue weighted by Gasteiger charge is -2.26. The van der Waals surface area contributed by atoms with Crippen molar-refractivity contribution in [2.24, 2.45) is 7.05 Å². The molecule has 0 aliphatic carbocycles. The van der Waals surface area contributed by atoms with E-state index in [-0.39, 0.29) is 0 Å². The fourth-order valence-corrected chi connectivity index (χ4v) is 3.62. The number of imidazole rings is 1. The first-order chi connectivity index (χ1) is 12.6. The van der Waals surface area contributed by atoms with Crippen molar-refractivity contribution in [3.05, 3.63) is 55.3 Å². The van der Waals surface area contributed by atoms with Crippen LogP contribution in [0, 0.1) is 0 Å². The summed E-state index contributed by atoms with van der Waals surface area (Å²) in [6.07, 6.45) is 8.19. The molecule has 0 amide bonds. The Kier molecular flexibility index (Phi) is 4.47. The number of likely N-dealkylation sites (tertiary alicyclic amines) is 1. The number of aryl methyl sites for hydroxylation is 1. The van der Waals surface area contributed by atoms with Crippen LogP contribution >= 0.6 is 0 Å². The van der Waals surface area contributed by atoms with Gasteiger partial charge in [0, 0.05) is 35.9 Å². The molecule has 0 bridgehead atoms. The Bertz CT molecular complexity index is 936. The second-order valence-electron chi connectivity index (χ2n) is 7.09. The molecule has 1 aliphatic rings. The molecule has 5 heteroatoms. The van der Waals surface area contributed by atoms with Crippen molar-refractivity contribution in [2.75, 3.05) is 18.4 Å². The summed E-state index contributed by atoms with van der Waals surface area (Å²) in [5, 5.41) is 5.69. The summed E-state index contributed by atoms with van der Waals surface area (Å²) in [7, 11) is 2.01. The van der Waals surface area contributed by atoms with Gasteiger partial charge in [-0.3, -0.25) is 4.90 Å². The molecule has 4 rings (SSSR count). The molecule has 0 saturated carbocycles. The molecular formula is C21H25N5. The van der Waals surface area contributed by atoms with Crippen molar-refractivity contribution in [2.45, 2.75) is 25.8 Å². The molecule has 3 heterocycles. The first kappa shape index (κ1) is 16.8. The molecule has 1 atom stereocenters. The fourth-order valence-electron chi connectivity index (χ4n) is 3.62. The number of aromatic nitrogens is 3. The zero-order valence-electron chi connectivity index (χ0n) is 15.4. The SMILES string of the molecule is C=C(Nc1cc2cc(-c3cncn3C)ccc2cn1)C(C)N1CCCC1. The summed E-state index contributed by atoms with van der Waals surface area (Å²) < 4.78 is 2.03. The quantitative estimate of drug-likeness (QED) is 0.756. The monoisotopic (exact) mass is 347 g/mol. The van der Waals surface area contributed by atoms with E-state index in [1.54, 1.807) is 0 Å². The second-order valence-corrected chi connectivity index (χ2v) is 7.09. The van der Waals surface area contributed by atoms with Crippen LogP contribution in [0.1, 0.15) is 19.8 Å². The van der Waals surface area contributed by atoms with Gasteiger partial charge in [0.15, 0.2) is 0 Å². The van der Waals surface area contributed by atoms with Crippen LogP contribution in [0.4, 0.5) is 5.82 Å². The van der Waals surface area contributed by atoms with Gasteiger partial charge in [0.1, 0.15) is 5.82 Å². The highest BCUT2D eigenvalue weighted by Crippen LogP contribution is 2.26. The Morgan fingerprint density at radius 2 is 1.96 bits per heavy atom. The summed E-state index contributed by atoms with van der Waals surface area (Å²) >= 11 is 0. The molecule has 26 heavy (non-hydrogen) atoms. The van der Waals surface area contributed by atoms with Gasteiger partial charge in [0.25, 0.3) is 0 Å². The number of nitrogens with one attached hydrogen (secondary N) is 1. The minimum atomic E-state index is 0.316. The van der Waals surface area contributed by atoms with Crippen LogP contribution in [-0.4, -0.2) is 38.6 Å². The number of anilines is 1. The summed E-state index contributed by atoms with van der Waals surface area (Å²) in [4.78, 5) is 11.2. The predicted molar refractivity (Wildman–Crippen MR) is 107 cm³/mol. The lowest BCUT2D eigenvalue weighted by atomic mass is 10.1. The maximum absolute atomic E-state index is 4.56. The number of benzene rings is 1. The predicted octanol–water partition coefficient (Wildman–Crippen LogP) is 4.05. The lowest BCUT2D eigenvalue weighted by Crippen LogP contribution is -2.33. The van der Waals surface area contributed by atoms with E-state index in [1.165, 1.54) is 12.8 Å². The first-order valence-corrected chi connectivity index (χ1v) is 9.18. The van der Waals surface area contributed by atoms with Crippen molar-refractivity contribution in [1.82, 2.24) is 19.4 Å². The lowest BCUT2D eigenvalue weighted by molar-refractivity contribution is 0.291. The Hall–Kier alpha value is -2.66. The number of hydrogen-bond donors (Lipinski definition) is 1. The van der Waals surface area contributed by atoms with E-state index in [0.717, 1.165) is 46.6 Å². The van der Waals surface area contributed by atoms with Gasteiger partial charge in [0.2, 0.25) is 0 Å². The van der Waals surface area contributed by atoms with Gasteiger partial charge >= 0.3 is 0 Å². The number of hydrogen-bond acceptors (Lipinski definition) is 4. The topological polar surface area (TPSA) is 46.0 Å². The molecule has 1 unspecified atom stereocenters. The van der Waals surface area contributed by atoms with Gasteiger partial charge in [-0.05, 0) is 50.4 Å². The van der Waals surface area contributed by atoms with Gasteiger partial charge in [0.05, 0.1) is 18.2 Å². The molecule has 1 saturated heterocycles. The minimum Gasteiger partial charge on any atom is -0.343 e. The molecule has 1 aromatic carbocycles. The number of rotatable bonds is 5. The molecule has 0 radical (unpaired) electrons. The third-order valence-corrected chi connectivity index (χ3v) is 5.32. The zero-order chi connectivity index (χ0) is 18.1. The molecule has 134 valence electrons. The third-order valence-electron chi connectivity index (χ3n) is 5.32. The van der Waals surface area contributed by atoms with E-state index in [4.69, 9.17) is 0 Å². The van der Waals surface area contributed by atoms with E-state index in [9.17, 15) is 0 Å². The highest BCUT2D eigenvalue weighted by atomic mass is 15.2. The largest absolute Gasteiger partial charge is 0.343 e. The van der Waals surface area contributed by atoms with Crippen LogP contribution in [0.15, 0.2) is 55.3 Å². The summed E-state index contributed by atoms with van der Waals surface area (Å²) in [6, 6.07) is 8.82. The van der Waals surface area contributed by atoms with Crippen LogP contribution < -0.4 is 5.32 Å². The van der Waals surface area contributed by atoms with Gasteiger partial charge in [-0.15, -0.1) is 0 Å². The smallest absolute Gasteiger partial charge is 0.130 e. The average molecular weight is 347 g/mol. The van der Waals surface area contributed by atoms with Gasteiger partial charge in [-0.2, -0.15) is 0 Å². The van der Waals surface area contributed by atoms with E-state index in [1.807, 2.05) is 30.3 Å². The van der Waals surface area contributed by atoms with Crippen molar-refractivity contribution < 1.29 is 0 Å². The van der Waals surface area contributed by atoms with Crippen molar-refractivity contribution in [3.8, 4) is 11.3 Å². The third kappa shape index (κ3) is 3.22. The molecular weight excluding hydrogens is 322 g/mol. The molecule has 5 nitrogen and oxygen atoms in total. The molecule has 1 fully saturated rings. The number of pyridine rings is 1. The molecule has 3 aromatic rings. The van der Waals surface area contributed by atoms with Crippen molar-refractivity contribution in [1.29, 1.82) is 0 Å². The fraction of sp³-hybridized carbons (Fsp3) is 0.333. The van der Waals surface area contributed by atoms with E-state index in [0.29, 0.717) is 6.04 Å². The van der Waals surface area contributed by atoms with Crippen molar-refractivity contribution >= 4 is 16.6 Å². The summed E-state index contributed by atoms with van der Waals surface area (Å²) in [5.74, 6) is 0.843. The minimum absolute atomic E-state index is 0.316. The molecule has 2 aromatic heterocycles. The van der Waals surface area contributed by atoms with E-state index in [2.05, 4.69) is 58.0 Å². The summed E-state index contributed by atoms with van der Waals surface area (Å²) in [5.41, 5.74) is 3.26. The first-order valence-electron chi connectivity index (χ1n) is 9.18. The highest BCUT2D eigenvalue weighted by Gasteiger charge is 2.20. The molecule has 0 spiro atoms. The van der Waals surface area contributed by atoms with E-state index >= 15 is 0 Å². The van der Waals surface area contributed by atoms with Crippen molar-refractivity contribution in [3.63, 3.8) is 0 Å². The van der Waals surface area contributed by atoms with Gasteiger partial charge in [-0.25, -0.2) is 9.97 Å². The van der Waals surface area contributed by atoms with Gasteiger partial charge in [-0.1, -0.05) is 18.7 Å². The second kappa shape index (κ2) is 6.92. The van der Waals surface area contributed by atoms with Crippen LogP contribution in [-0.2, 0) is 7.05 Å². The van der Waals surface area contributed by atoms with Crippen LogP contribution in [0.25, 0.3) is 22.0 Å². The van der Waals surface area contributed by atoms with Crippen LogP contribution in [0.2, 0.25) is 0 Å². The van der Waals surface area contributed by atoms with Gasteiger partial charge < -0.3 is 9.88 Å². The Morgan fingerprint density at radius 3 is 2.69 bits per heavy atom. The average Bonchev–Trinajstić information content (AvgIpc) is 3.32. The normalized spacial score (nSPS) is 16.1. The number of fused-ring (bicyclic) bond motifs is 1.